The van der Waals surface area contributed by atoms with Crippen LogP contribution in [0.5, 0.6) is 0 Å². The Morgan fingerprint density at radius 1 is 1.39 bits per heavy atom. The number of nitrogens with zero attached hydrogens (tertiary/aromatic N) is 1. The van der Waals surface area contributed by atoms with Crippen LogP contribution >= 0.6 is 0 Å². The molecule has 2 atom stereocenters. The maximum Gasteiger partial charge on any atom is 0.334 e. The Balaban J connectivity index is 2.40. The van der Waals surface area contributed by atoms with Crippen LogP contribution in [0.4, 0.5) is 4.79 Å². The number of hydrogen-bond acceptors (Lipinski definition) is 4. The van der Waals surface area contributed by atoms with Crippen molar-refractivity contribution in [2.75, 3.05) is 19.6 Å². The molecule has 18 heavy (non-hydrogen) atoms. The van der Waals surface area contributed by atoms with E-state index in [4.69, 9.17) is 10.2 Å². The predicted molar refractivity (Wildman–Crippen MR) is 63.1 cm³/mol. The van der Waals surface area contributed by atoms with Gasteiger partial charge in [-0.15, -0.1) is 0 Å². The van der Waals surface area contributed by atoms with E-state index in [0.29, 0.717) is 32.4 Å². The Morgan fingerprint density at radius 2 is 2.06 bits per heavy atom. The maximum absolute atomic E-state index is 11.7. The number of carboxylic acids is 1. The Hall–Kier alpha value is -1.34. The number of carbonyl (C=O) groups is 2. The highest BCUT2D eigenvalue weighted by Gasteiger charge is 2.27. The standard InChI is InChI=1S/C11H20N2O5/c1-11(18)3-2-5-13(6-4-11)10(17)12-7-8(14)9(15)16/h8,14,18H,2-7H2,1H3,(H,12,17)(H,15,16). The highest BCUT2D eigenvalue weighted by atomic mass is 16.4. The first-order valence-corrected chi connectivity index (χ1v) is 5.98. The molecule has 1 aliphatic rings. The summed E-state index contributed by atoms with van der Waals surface area (Å²) in [5, 5.41) is 29.7. The molecule has 0 radical (unpaired) electrons. The van der Waals surface area contributed by atoms with Gasteiger partial charge >= 0.3 is 12.0 Å². The van der Waals surface area contributed by atoms with Crippen molar-refractivity contribution in [3.63, 3.8) is 0 Å². The molecule has 7 nitrogen and oxygen atoms in total. The molecular formula is C11H20N2O5. The number of nitrogens with one attached hydrogen (secondary N) is 1. The first kappa shape index (κ1) is 14.7. The third kappa shape index (κ3) is 4.50. The number of aliphatic hydroxyl groups is 2. The number of amides is 2. The molecule has 1 fully saturated rings. The summed E-state index contributed by atoms with van der Waals surface area (Å²) in [6.07, 6.45) is 0.224. The minimum atomic E-state index is -1.59. The van der Waals surface area contributed by atoms with E-state index >= 15 is 0 Å². The zero-order valence-electron chi connectivity index (χ0n) is 10.4. The molecule has 1 saturated heterocycles. The fourth-order valence-corrected chi connectivity index (χ4v) is 1.85. The van der Waals surface area contributed by atoms with E-state index in [9.17, 15) is 14.7 Å². The molecule has 0 aromatic carbocycles. The van der Waals surface area contributed by atoms with Gasteiger partial charge in [0.05, 0.1) is 12.1 Å². The fraction of sp³-hybridized carbons (Fsp3) is 0.818. The van der Waals surface area contributed by atoms with Crippen LogP contribution in [0.2, 0.25) is 0 Å². The Kier molecular flexibility index (Phi) is 4.92. The van der Waals surface area contributed by atoms with E-state index in [-0.39, 0.29) is 6.54 Å². The van der Waals surface area contributed by atoms with Crippen LogP contribution in [0.1, 0.15) is 26.2 Å². The molecule has 0 aromatic heterocycles. The predicted octanol–water partition coefficient (Wildman–Crippen LogP) is -0.622. The normalized spacial score (nSPS) is 26.3. The maximum atomic E-state index is 11.7. The van der Waals surface area contributed by atoms with Crippen LogP contribution in [-0.2, 0) is 4.79 Å². The van der Waals surface area contributed by atoms with Crippen molar-refractivity contribution in [2.24, 2.45) is 0 Å². The van der Waals surface area contributed by atoms with Crippen LogP contribution in [-0.4, -0.2) is 63.6 Å². The summed E-state index contributed by atoms with van der Waals surface area (Å²) >= 11 is 0. The largest absolute Gasteiger partial charge is 0.479 e. The average Bonchev–Trinajstić information content (AvgIpc) is 2.46. The summed E-state index contributed by atoms with van der Waals surface area (Å²) in [5.74, 6) is -1.37. The van der Waals surface area contributed by atoms with Crippen molar-refractivity contribution in [2.45, 2.75) is 37.9 Å². The van der Waals surface area contributed by atoms with Crippen molar-refractivity contribution in [1.82, 2.24) is 10.2 Å². The minimum Gasteiger partial charge on any atom is -0.479 e. The van der Waals surface area contributed by atoms with Gasteiger partial charge in [-0.3, -0.25) is 0 Å². The molecule has 0 aliphatic carbocycles. The van der Waals surface area contributed by atoms with Gasteiger partial charge in [-0.2, -0.15) is 0 Å². The summed E-state index contributed by atoms with van der Waals surface area (Å²) in [4.78, 5) is 23.6. The van der Waals surface area contributed by atoms with Crippen LogP contribution in [0.25, 0.3) is 0 Å². The van der Waals surface area contributed by atoms with E-state index in [1.165, 1.54) is 4.90 Å². The number of carbonyl (C=O) groups excluding carboxylic acids is 1. The van der Waals surface area contributed by atoms with Crippen molar-refractivity contribution in [1.29, 1.82) is 0 Å². The average molecular weight is 260 g/mol. The van der Waals surface area contributed by atoms with Crippen LogP contribution in [0, 0.1) is 0 Å². The lowest BCUT2D eigenvalue weighted by Gasteiger charge is -2.23. The van der Waals surface area contributed by atoms with Crippen LogP contribution < -0.4 is 5.32 Å². The lowest BCUT2D eigenvalue weighted by atomic mass is 9.98. The zero-order valence-corrected chi connectivity index (χ0v) is 10.4. The van der Waals surface area contributed by atoms with Gasteiger partial charge < -0.3 is 25.5 Å². The van der Waals surface area contributed by atoms with E-state index in [1.807, 2.05) is 0 Å². The highest BCUT2D eigenvalue weighted by Crippen LogP contribution is 2.21. The van der Waals surface area contributed by atoms with Crippen molar-refractivity contribution >= 4 is 12.0 Å². The number of rotatable bonds is 3. The molecule has 104 valence electrons. The molecule has 0 saturated carbocycles. The Morgan fingerprint density at radius 3 is 2.67 bits per heavy atom. The molecular weight excluding hydrogens is 240 g/mol. The quantitative estimate of drug-likeness (QED) is 0.540. The molecule has 1 heterocycles. The van der Waals surface area contributed by atoms with Gasteiger partial charge in [-0.25, -0.2) is 9.59 Å². The molecule has 0 bridgehead atoms. The fourth-order valence-electron chi connectivity index (χ4n) is 1.85. The first-order valence-electron chi connectivity index (χ1n) is 5.98. The molecule has 7 heteroatoms. The molecule has 2 unspecified atom stereocenters. The molecule has 0 aromatic rings. The number of urea groups is 1. The highest BCUT2D eigenvalue weighted by molar-refractivity contribution is 5.76. The van der Waals surface area contributed by atoms with Gasteiger partial charge in [0, 0.05) is 13.1 Å². The summed E-state index contributed by atoms with van der Waals surface area (Å²) in [7, 11) is 0. The van der Waals surface area contributed by atoms with Crippen LogP contribution in [0.3, 0.4) is 0 Å². The monoisotopic (exact) mass is 260 g/mol. The Bertz CT molecular complexity index is 319. The lowest BCUT2D eigenvalue weighted by Crippen LogP contribution is -2.45. The summed E-state index contributed by atoms with van der Waals surface area (Å²) in [6.45, 7) is 2.36. The second kappa shape index (κ2) is 6.01. The van der Waals surface area contributed by atoms with Crippen LogP contribution in [0.15, 0.2) is 0 Å². The smallest absolute Gasteiger partial charge is 0.334 e. The van der Waals surface area contributed by atoms with Crippen molar-refractivity contribution < 1.29 is 24.9 Å². The van der Waals surface area contributed by atoms with Gasteiger partial charge in [0.25, 0.3) is 0 Å². The minimum absolute atomic E-state index is 0.318. The topological polar surface area (TPSA) is 110 Å². The lowest BCUT2D eigenvalue weighted by molar-refractivity contribution is -0.146. The third-order valence-electron chi connectivity index (χ3n) is 3.08. The van der Waals surface area contributed by atoms with Gasteiger partial charge in [0.15, 0.2) is 6.10 Å². The Labute approximate surface area is 105 Å². The second-order valence-electron chi connectivity index (χ2n) is 4.88. The van der Waals surface area contributed by atoms with Gasteiger partial charge in [0.2, 0.25) is 0 Å². The molecule has 1 rings (SSSR count). The summed E-state index contributed by atoms with van der Waals surface area (Å²) in [5.41, 5.74) is -0.754. The van der Waals surface area contributed by atoms with Gasteiger partial charge in [-0.05, 0) is 26.2 Å². The molecule has 2 amide bonds. The van der Waals surface area contributed by atoms with Gasteiger partial charge in [-0.1, -0.05) is 0 Å². The van der Waals surface area contributed by atoms with E-state index in [2.05, 4.69) is 5.32 Å². The molecule has 1 aliphatic heterocycles. The number of likely N-dealkylation sites (tertiary alicyclic amines) is 1. The van der Waals surface area contributed by atoms with Crippen molar-refractivity contribution in [3.8, 4) is 0 Å². The van der Waals surface area contributed by atoms with E-state index < -0.39 is 23.7 Å². The third-order valence-corrected chi connectivity index (χ3v) is 3.08. The SMILES string of the molecule is CC1(O)CCCN(C(=O)NCC(O)C(=O)O)CC1. The van der Waals surface area contributed by atoms with Gasteiger partial charge in [0.1, 0.15) is 0 Å². The molecule has 4 N–H and O–H groups in total. The van der Waals surface area contributed by atoms with E-state index in [1.54, 1.807) is 6.92 Å². The number of aliphatic carboxylic acids is 1. The number of hydrogen-bond donors (Lipinski definition) is 4. The van der Waals surface area contributed by atoms with Crippen molar-refractivity contribution in [3.05, 3.63) is 0 Å². The number of aliphatic hydroxyl groups excluding tert-OH is 1. The summed E-state index contributed by atoms with van der Waals surface area (Å²) in [6, 6.07) is -0.409. The second-order valence-corrected chi connectivity index (χ2v) is 4.88. The zero-order chi connectivity index (χ0) is 13.8. The first-order chi connectivity index (χ1) is 8.32. The van der Waals surface area contributed by atoms with E-state index in [0.717, 1.165) is 0 Å². The summed E-state index contributed by atoms with van der Waals surface area (Å²) < 4.78 is 0. The molecule has 0 spiro atoms. The number of carboxylic acid groups (broad SMARTS) is 1.